The lowest BCUT2D eigenvalue weighted by molar-refractivity contribution is -0.136. The van der Waals surface area contributed by atoms with E-state index in [1.165, 1.54) is 19.3 Å². The van der Waals surface area contributed by atoms with Crippen LogP contribution in [-0.4, -0.2) is 18.0 Å². The smallest absolute Gasteiger partial charge is 0.136 e. The Labute approximate surface area is 78.6 Å². The van der Waals surface area contributed by atoms with Gasteiger partial charge in [-0.3, -0.25) is 4.79 Å². The third kappa shape index (κ3) is 0.850. The van der Waals surface area contributed by atoms with Crippen LogP contribution in [0, 0.1) is 5.41 Å². The summed E-state index contributed by atoms with van der Waals surface area (Å²) in [5, 5.41) is 0. The molecule has 0 N–H and O–H groups in total. The minimum atomic E-state index is 0.00231. The third-order valence-electron chi connectivity index (χ3n) is 4.40. The number of hydrogen-bond donors (Lipinski definition) is 0. The van der Waals surface area contributed by atoms with E-state index in [2.05, 4.69) is 0 Å². The van der Waals surface area contributed by atoms with Gasteiger partial charge in [0.15, 0.2) is 0 Å². The quantitative estimate of drug-likeness (QED) is 0.570. The van der Waals surface area contributed by atoms with Crippen molar-refractivity contribution in [1.29, 1.82) is 0 Å². The largest absolute Gasteiger partial charge is 0.374 e. The number of ketones is 1. The van der Waals surface area contributed by atoms with E-state index in [-0.39, 0.29) is 11.0 Å². The van der Waals surface area contributed by atoms with Gasteiger partial charge in [-0.05, 0) is 32.1 Å². The van der Waals surface area contributed by atoms with Crippen molar-refractivity contribution in [1.82, 2.24) is 0 Å². The molecule has 0 aromatic rings. The molecule has 3 aliphatic rings. The Morgan fingerprint density at radius 3 is 2.77 bits per heavy atom. The normalized spacial score (nSPS) is 49.1. The highest BCUT2D eigenvalue weighted by Crippen LogP contribution is 2.61. The number of hydrogen-bond acceptors (Lipinski definition) is 2. The van der Waals surface area contributed by atoms with Crippen molar-refractivity contribution in [3.63, 3.8) is 0 Å². The molecule has 0 amide bonds. The molecule has 13 heavy (non-hydrogen) atoms. The zero-order chi connectivity index (χ0) is 8.94. The summed E-state index contributed by atoms with van der Waals surface area (Å²) in [6.45, 7) is 0.884. The summed E-state index contributed by atoms with van der Waals surface area (Å²) in [6.07, 6.45) is 7.57. The van der Waals surface area contributed by atoms with Gasteiger partial charge in [0.25, 0.3) is 0 Å². The number of Topliss-reactive ketones (excluding diaryl/α,β-unsaturated/α-hetero) is 1. The molecular weight excluding hydrogens is 164 g/mol. The lowest BCUT2D eigenvalue weighted by Crippen LogP contribution is -2.45. The first-order valence-corrected chi connectivity index (χ1v) is 5.42. The van der Waals surface area contributed by atoms with Crippen molar-refractivity contribution in [2.24, 2.45) is 5.41 Å². The second kappa shape index (κ2) is 2.35. The van der Waals surface area contributed by atoms with Crippen molar-refractivity contribution < 1.29 is 9.53 Å². The Morgan fingerprint density at radius 1 is 1.08 bits per heavy atom. The van der Waals surface area contributed by atoms with Gasteiger partial charge in [0.05, 0.1) is 5.60 Å². The van der Waals surface area contributed by atoms with Crippen LogP contribution in [0.25, 0.3) is 0 Å². The highest BCUT2D eigenvalue weighted by Gasteiger charge is 2.62. The average molecular weight is 180 g/mol. The van der Waals surface area contributed by atoms with Gasteiger partial charge in [-0.25, -0.2) is 0 Å². The predicted molar refractivity (Wildman–Crippen MR) is 48.4 cm³/mol. The highest BCUT2D eigenvalue weighted by atomic mass is 16.5. The number of ether oxygens (including phenoxy) is 1. The lowest BCUT2D eigenvalue weighted by Gasteiger charge is -2.43. The molecular formula is C11H16O2. The molecule has 0 aromatic carbocycles. The fourth-order valence-corrected chi connectivity index (χ4v) is 3.88. The van der Waals surface area contributed by atoms with E-state index in [9.17, 15) is 4.79 Å². The van der Waals surface area contributed by atoms with Crippen LogP contribution in [-0.2, 0) is 9.53 Å². The lowest BCUT2D eigenvalue weighted by atomic mass is 9.72. The summed E-state index contributed by atoms with van der Waals surface area (Å²) in [4.78, 5) is 11.5. The number of carbonyl (C=O) groups excluding carboxylic acids is 1. The molecule has 1 aliphatic heterocycles. The first-order chi connectivity index (χ1) is 6.27. The van der Waals surface area contributed by atoms with E-state index in [1.807, 2.05) is 0 Å². The third-order valence-corrected chi connectivity index (χ3v) is 4.40. The Bertz CT molecular complexity index is 237. The molecule has 2 saturated carbocycles. The molecule has 2 unspecified atom stereocenters. The van der Waals surface area contributed by atoms with Crippen LogP contribution in [0.3, 0.4) is 0 Å². The van der Waals surface area contributed by atoms with Crippen molar-refractivity contribution in [3.8, 4) is 0 Å². The van der Waals surface area contributed by atoms with E-state index in [1.54, 1.807) is 0 Å². The molecule has 2 heteroatoms. The van der Waals surface area contributed by atoms with Gasteiger partial charge in [-0.2, -0.15) is 0 Å². The summed E-state index contributed by atoms with van der Waals surface area (Å²) in [5.74, 6) is 0.446. The van der Waals surface area contributed by atoms with E-state index < -0.39 is 0 Å². The van der Waals surface area contributed by atoms with Crippen LogP contribution >= 0.6 is 0 Å². The van der Waals surface area contributed by atoms with Crippen LogP contribution < -0.4 is 0 Å². The molecule has 0 bridgehead atoms. The van der Waals surface area contributed by atoms with Gasteiger partial charge < -0.3 is 4.74 Å². The molecule has 3 rings (SSSR count). The van der Waals surface area contributed by atoms with Crippen molar-refractivity contribution >= 4 is 5.78 Å². The van der Waals surface area contributed by atoms with Gasteiger partial charge in [0.2, 0.25) is 0 Å². The van der Waals surface area contributed by atoms with Gasteiger partial charge in [0.1, 0.15) is 5.78 Å². The summed E-state index contributed by atoms with van der Waals surface area (Å²) in [5.41, 5.74) is 0.282. The molecule has 3 fully saturated rings. The standard InChI is InChI=1S/C11H16O2/c12-9-7-10-3-1-5-11(10,8-9)13-6-2-4-10/h1-8H2. The minimum Gasteiger partial charge on any atom is -0.374 e. The molecule has 1 saturated heterocycles. The SMILES string of the molecule is O=C1CC23CCCOC2(CCC3)C1. The number of rotatable bonds is 0. The molecule has 1 heterocycles. The minimum absolute atomic E-state index is 0.00231. The molecule has 72 valence electrons. The highest BCUT2D eigenvalue weighted by molar-refractivity contribution is 5.84. The predicted octanol–water partition coefficient (Wildman–Crippen LogP) is 2.07. The first-order valence-electron chi connectivity index (χ1n) is 5.42. The number of carbonyl (C=O) groups is 1. The Morgan fingerprint density at radius 2 is 1.92 bits per heavy atom. The van der Waals surface area contributed by atoms with Gasteiger partial charge in [0, 0.05) is 24.9 Å². The van der Waals surface area contributed by atoms with E-state index in [0.717, 1.165) is 25.9 Å². The van der Waals surface area contributed by atoms with E-state index in [0.29, 0.717) is 12.2 Å². The van der Waals surface area contributed by atoms with Crippen molar-refractivity contribution in [2.75, 3.05) is 6.61 Å². The monoisotopic (exact) mass is 180 g/mol. The molecule has 2 nitrogen and oxygen atoms in total. The second-order valence-electron chi connectivity index (χ2n) is 4.97. The molecule has 2 aliphatic carbocycles. The van der Waals surface area contributed by atoms with Gasteiger partial charge >= 0.3 is 0 Å². The van der Waals surface area contributed by atoms with Crippen LogP contribution in [0.5, 0.6) is 0 Å². The van der Waals surface area contributed by atoms with Crippen LogP contribution in [0.15, 0.2) is 0 Å². The maximum Gasteiger partial charge on any atom is 0.136 e. The Balaban J connectivity index is 2.03. The summed E-state index contributed by atoms with van der Waals surface area (Å²) < 4.78 is 5.95. The van der Waals surface area contributed by atoms with Crippen LogP contribution in [0.2, 0.25) is 0 Å². The Hall–Kier alpha value is -0.370. The molecule has 0 spiro atoms. The topological polar surface area (TPSA) is 26.3 Å². The van der Waals surface area contributed by atoms with Crippen molar-refractivity contribution in [2.45, 2.75) is 50.5 Å². The summed E-state index contributed by atoms with van der Waals surface area (Å²) in [7, 11) is 0. The van der Waals surface area contributed by atoms with Crippen molar-refractivity contribution in [3.05, 3.63) is 0 Å². The van der Waals surface area contributed by atoms with E-state index >= 15 is 0 Å². The summed E-state index contributed by atoms with van der Waals surface area (Å²) in [6, 6.07) is 0. The van der Waals surface area contributed by atoms with Gasteiger partial charge in [-0.1, -0.05) is 0 Å². The first kappa shape index (κ1) is 7.98. The molecule has 2 atom stereocenters. The maximum absolute atomic E-state index is 11.5. The van der Waals surface area contributed by atoms with Crippen LogP contribution in [0.4, 0.5) is 0 Å². The molecule has 0 aromatic heterocycles. The summed E-state index contributed by atoms with van der Waals surface area (Å²) >= 11 is 0. The van der Waals surface area contributed by atoms with E-state index in [4.69, 9.17) is 4.74 Å². The Kier molecular flexibility index (Phi) is 1.44. The average Bonchev–Trinajstić information content (AvgIpc) is 2.54. The maximum atomic E-state index is 11.5. The zero-order valence-corrected chi connectivity index (χ0v) is 7.97. The fraction of sp³-hybridized carbons (Fsp3) is 0.909. The fourth-order valence-electron chi connectivity index (χ4n) is 3.88. The van der Waals surface area contributed by atoms with Gasteiger partial charge in [-0.15, -0.1) is 0 Å². The molecule has 0 radical (unpaired) electrons. The zero-order valence-electron chi connectivity index (χ0n) is 7.97. The second-order valence-corrected chi connectivity index (χ2v) is 4.97. The van der Waals surface area contributed by atoms with Crippen LogP contribution in [0.1, 0.15) is 44.9 Å².